The van der Waals surface area contributed by atoms with Crippen LogP contribution < -0.4 is 9.80 Å². The van der Waals surface area contributed by atoms with Crippen molar-refractivity contribution in [3.05, 3.63) is 47.7 Å². The Morgan fingerprint density at radius 1 is 1.11 bits per heavy atom. The summed E-state index contributed by atoms with van der Waals surface area (Å²) < 4.78 is 0. The zero-order valence-corrected chi connectivity index (χ0v) is 17.1. The largest absolute Gasteiger partial charge is 0.324 e. The highest BCUT2D eigenvalue weighted by molar-refractivity contribution is 6.13. The third-order valence-electron chi connectivity index (χ3n) is 5.30. The SMILES string of the molecule is CCN(CCCN1c2ccccc2N(C)C(=O)c2ccc(C)nc21)C(C)C. The third kappa shape index (κ3) is 3.83. The van der Waals surface area contributed by atoms with Gasteiger partial charge in [-0.3, -0.25) is 4.79 Å². The van der Waals surface area contributed by atoms with Crippen molar-refractivity contribution in [1.29, 1.82) is 0 Å². The molecule has 0 radical (unpaired) electrons. The van der Waals surface area contributed by atoms with Crippen LogP contribution in [0.1, 0.15) is 43.2 Å². The molecule has 1 amide bonds. The van der Waals surface area contributed by atoms with Gasteiger partial charge in [-0.05, 0) is 58.0 Å². The summed E-state index contributed by atoms with van der Waals surface area (Å²) >= 11 is 0. The minimum atomic E-state index is -0.00943. The third-order valence-corrected chi connectivity index (χ3v) is 5.30. The summed E-state index contributed by atoms with van der Waals surface area (Å²) in [6, 6.07) is 12.4. The van der Waals surface area contributed by atoms with Gasteiger partial charge in [0.2, 0.25) is 0 Å². The van der Waals surface area contributed by atoms with Gasteiger partial charge in [-0.1, -0.05) is 19.1 Å². The standard InChI is InChI=1S/C22H30N4O/c1-6-25(16(2)3)14-9-15-26-20-11-8-7-10-19(20)24(5)22(27)18-13-12-17(4)23-21(18)26/h7-8,10-13,16H,6,9,14-15H2,1-5H3. The maximum atomic E-state index is 13.0. The Morgan fingerprint density at radius 3 is 2.48 bits per heavy atom. The first-order valence-corrected chi connectivity index (χ1v) is 9.80. The van der Waals surface area contributed by atoms with Crippen LogP contribution in [0.15, 0.2) is 36.4 Å². The minimum absolute atomic E-state index is 0.00943. The number of carbonyl (C=O) groups is 1. The fourth-order valence-electron chi connectivity index (χ4n) is 3.74. The molecule has 2 heterocycles. The number of aryl methyl sites for hydroxylation is 1. The number of hydrogen-bond donors (Lipinski definition) is 0. The molecule has 5 nitrogen and oxygen atoms in total. The number of carbonyl (C=O) groups excluding carboxylic acids is 1. The van der Waals surface area contributed by atoms with Crippen LogP contribution in [0.3, 0.4) is 0 Å². The summed E-state index contributed by atoms with van der Waals surface area (Å²) in [5.74, 6) is 0.759. The van der Waals surface area contributed by atoms with Crippen LogP contribution in [0.25, 0.3) is 0 Å². The molecule has 0 spiro atoms. The lowest BCUT2D eigenvalue weighted by Crippen LogP contribution is -2.33. The topological polar surface area (TPSA) is 39.7 Å². The van der Waals surface area contributed by atoms with E-state index in [1.54, 1.807) is 4.90 Å². The molecule has 3 rings (SSSR count). The molecular weight excluding hydrogens is 336 g/mol. The smallest absolute Gasteiger partial charge is 0.261 e. The molecule has 0 N–H and O–H groups in total. The molecule has 1 aromatic carbocycles. The summed E-state index contributed by atoms with van der Waals surface area (Å²) in [5.41, 5.74) is 3.55. The second kappa shape index (κ2) is 8.09. The van der Waals surface area contributed by atoms with Crippen molar-refractivity contribution in [2.45, 2.75) is 40.2 Å². The molecule has 144 valence electrons. The second-order valence-corrected chi connectivity index (χ2v) is 7.40. The number of pyridine rings is 1. The summed E-state index contributed by atoms with van der Waals surface area (Å²) in [6.07, 6.45) is 1.01. The number of hydrogen-bond acceptors (Lipinski definition) is 4. The van der Waals surface area contributed by atoms with E-state index in [1.807, 2.05) is 44.3 Å². The molecule has 0 fully saturated rings. The van der Waals surface area contributed by atoms with Crippen LogP contribution in [-0.2, 0) is 0 Å². The maximum absolute atomic E-state index is 13.0. The van der Waals surface area contributed by atoms with Crippen molar-refractivity contribution in [2.24, 2.45) is 0 Å². The molecular formula is C22H30N4O. The van der Waals surface area contributed by atoms with Gasteiger partial charge < -0.3 is 14.7 Å². The molecule has 5 heteroatoms. The van der Waals surface area contributed by atoms with Crippen LogP contribution in [0, 0.1) is 6.92 Å². The van der Waals surface area contributed by atoms with E-state index in [0.29, 0.717) is 11.6 Å². The van der Waals surface area contributed by atoms with Crippen molar-refractivity contribution in [2.75, 3.05) is 36.5 Å². The predicted molar refractivity (Wildman–Crippen MR) is 112 cm³/mol. The molecule has 0 unspecified atom stereocenters. The number of nitrogens with zero attached hydrogens (tertiary/aromatic N) is 4. The lowest BCUT2D eigenvalue weighted by Gasteiger charge is -2.29. The highest BCUT2D eigenvalue weighted by atomic mass is 16.2. The van der Waals surface area contributed by atoms with E-state index in [9.17, 15) is 4.79 Å². The van der Waals surface area contributed by atoms with Crippen LogP contribution in [-0.4, -0.2) is 48.5 Å². The Kier molecular flexibility index (Phi) is 5.80. The Labute approximate surface area is 162 Å². The molecule has 1 aliphatic rings. The number of rotatable bonds is 6. The fraction of sp³-hybridized carbons (Fsp3) is 0.455. The van der Waals surface area contributed by atoms with Crippen LogP contribution >= 0.6 is 0 Å². The summed E-state index contributed by atoms with van der Waals surface area (Å²) in [4.78, 5) is 24.2. The molecule has 1 aromatic heterocycles. The van der Waals surface area contributed by atoms with E-state index in [4.69, 9.17) is 4.98 Å². The van der Waals surface area contributed by atoms with Gasteiger partial charge in [-0.15, -0.1) is 0 Å². The first kappa shape index (κ1) is 19.4. The lowest BCUT2D eigenvalue weighted by molar-refractivity contribution is 0.0994. The van der Waals surface area contributed by atoms with E-state index in [-0.39, 0.29) is 5.91 Å². The van der Waals surface area contributed by atoms with Crippen LogP contribution in [0.2, 0.25) is 0 Å². The zero-order chi connectivity index (χ0) is 19.6. The van der Waals surface area contributed by atoms with Gasteiger partial charge in [0.25, 0.3) is 5.91 Å². The second-order valence-electron chi connectivity index (χ2n) is 7.40. The summed E-state index contributed by atoms with van der Waals surface area (Å²) in [7, 11) is 1.84. The molecule has 0 atom stereocenters. The molecule has 0 bridgehead atoms. The molecule has 1 aliphatic heterocycles. The summed E-state index contributed by atoms with van der Waals surface area (Å²) in [5, 5.41) is 0. The summed E-state index contributed by atoms with van der Waals surface area (Å²) in [6.45, 7) is 11.5. The Morgan fingerprint density at radius 2 is 1.81 bits per heavy atom. The van der Waals surface area contributed by atoms with E-state index in [2.05, 4.69) is 36.6 Å². The van der Waals surface area contributed by atoms with E-state index in [0.717, 1.165) is 48.9 Å². The van der Waals surface area contributed by atoms with Crippen molar-refractivity contribution in [3.63, 3.8) is 0 Å². The number of fused-ring (bicyclic) bond motifs is 2. The van der Waals surface area contributed by atoms with Gasteiger partial charge in [0, 0.05) is 31.9 Å². The molecule has 0 saturated heterocycles. The van der Waals surface area contributed by atoms with Crippen LogP contribution in [0.5, 0.6) is 0 Å². The van der Waals surface area contributed by atoms with Crippen molar-refractivity contribution < 1.29 is 4.79 Å². The fourth-order valence-corrected chi connectivity index (χ4v) is 3.74. The normalized spacial score (nSPS) is 13.8. The number of para-hydroxylation sites is 2. The average molecular weight is 367 g/mol. The Hall–Kier alpha value is -2.40. The van der Waals surface area contributed by atoms with Crippen LogP contribution in [0.4, 0.5) is 17.2 Å². The number of amides is 1. The monoisotopic (exact) mass is 366 g/mol. The number of anilines is 3. The first-order chi connectivity index (χ1) is 12.9. The quantitative estimate of drug-likeness (QED) is 0.767. The highest BCUT2D eigenvalue weighted by Gasteiger charge is 2.29. The van der Waals surface area contributed by atoms with Gasteiger partial charge in [-0.25, -0.2) is 4.98 Å². The van der Waals surface area contributed by atoms with Crippen molar-refractivity contribution in [1.82, 2.24) is 9.88 Å². The highest BCUT2D eigenvalue weighted by Crippen LogP contribution is 2.39. The first-order valence-electron chi connectivity index (χ1n) is 9.80. The van der Waals surface area contributed by atoms with Crippen molar-refractivity contribution >= 4 is 23.1 Å². The van der Waals surface area contributed by atoms with E-state index < -0.39 is 0 Å². The van der Waals surface area contributed by atoms with Gasteiger partial charge >= 0.3 is 0 Å². The minimum Gasteiger partial charge on any atom is -0.324 e. The average Bonchev–Trinajstić information content (AvgIpc) is 2.74. The van der Waals surface area contributed by atoms with Gasteiger partial charge in [0.05, 0.1) is 16.9 Å². The van der Waals surface area contributed by atoms with E-state index >= 15 is 0 Å². The molecule has 27 heavy (non-hydrogen) atoms. The molecule has 0 aliphatic carbocycles. The number of aromatic nitrogens is 1. The predicted octanol–water partition coefficient (Wildman–Crippen LogP) is 4.24. The maximum Gasteiger partial charge on any atom is 0.261 e. The van der Waals surface area contributed by atoms with Crippen molar-refractivity contribution in [3.8, 4) is 0 Å². The Bertz CT molecular complexity index is 818. The number of benzene rings is 1. The lowest BCUT2D eigenvalue weighted by atomic mass is 10.2. The van der Waals surface area contributed by atoms with Gasteiger partial charge in [-0.2, -0.15) is 0 Å². The molecule has 0 saturated carbocycles. The van der Waals surface area contributed by atoms with Gasteiger partial charge in [0.15, 0.2) is 0 Å². The Balaban J connectivity index is 1.99. The van der Waals surface area contributed by atoms with Gasteiger partial charge in [0.1, 0.15) is 5.82 Å². The zero-order valence-electron chi connectivity index (χ0n) is 17.1. The van der Waals surface area contributed by atoms with E-state index in [1.165, 1.54) is 0 Å². The molecule has 2 aromatic rings.